The molecule has 1 N–H and O–H groups in total. The summed E-state index contributed by atoms with van der Waals surface area (Å²) in [7, 11) is -3.46. The van der Waals surface area contributed by atoms with Crippen molar-refractivity contribution in [3.63, 3.8) is 0 Å². The third-order valence-electron chi connectivity index (χ3n) is 4.85. The molecule has 1 aromatic rings. The molecule has 0 spiro atoms. The number of rotatable bonds is 5. The first-order valence-corrected chi connectivity index (χ1v) is 10.0. The molecule has 1 atom stereocenters. The lowest BCUT2D eigenvalue weighted by molar-refractivity contribution is -0.127. The van der Waals surface area contributed by atoms with Crippen molar-refractivity contribution in [3.8, 4) is 0 Å². The molecule has 1 saturated heterocycles. The predicted octanol–water partition coefficient (Wildman–Crippen LogP) is 2.56. The van der Waals surface area contributed by atoms with E-state index in [1.807, 2.05) is 13.8 Å². The molecular formula is C18H28N2O3S. The minimum atomic E-state index is -3.46. The molecule has 24 heavy (non-hydrogen) atoms. The molecule has 1 aliphatic heterocycles. The van der Waals surface area contributed by atoms with Gasteiger partial charge in [-0.1, -0.05) is 31.5 Å². The second kappa shape index (κ2) is 7.66. The average Bonchev–Trinajstić information content (AvgIpc) is 2.55. The maximum absolute atomic E-state index is 12.7. The van der Waals surface area contributed by atoms with Crippen LogP contribution < -0.4 is 5.32 Å². The zero-order chi connectivity index (χ0) is 17.9. The van der Waals surface area contributed by atoms with E-state index in [2.05, 4.69) is 19.2 Å². The van der Waals surface area contributed by atoms with Crippen LogP contribution in [0.1, 0.15) is 39.2 Å². The van der Waals surface area contributed by atoms with Crippen LogP contribution >= 0.6 is 0 Å². The molecule has 0 aliphatic carbocycles. The molecule has 1 aliphatic rings. The second-order valence-corrected chi connectivity index (χ2v) is 8.97. The predicted molar refractivity (Wildman–Crippen MR) is 95.1 cm³/mol. The van der Waals surface area contributed by atoms with E-state index >= 15 is 0 Å². The number of benzene rings is 1. The van der Waals surface area contributed by atoms with Crippen molar-refractivity contribution in [1.82, 2.24) is 9.62 Å². The molecule has 0 radical (unpaired) electrons. The standard InChI is InChI=1S/C18H28N2O3S/c1-13(2)15(4)19-18(21)16-9-11-20(12-10-16)24(22,23)17-7-5-14(3)6-8-17/h5-8,13,15-16H,9-12H2,1-4H3,(H,19,21). The van der Waals surface area contributed by atoms with Crippen LogP contribution in [0.5, 0.6) is 0 Å². The fourth-order valence-electron chi connectivity index (χ4n) is 2.73. The van der Waals surface area contributed by atoms with Crippen molar-refractivity contribution >= 4 is 15.9 Å². The van der Waals surface area contributed by atoms with Gasteiger partial charge in [-0.15, -0.1) is 0 Å². The Morgan fingerprint density at radius 1 is 1.12 bits per heavy atom. The monoisotopic (exact) mass is 352 g/mol. The fourth-order valence-corrected chi connectivity index (χ4v) is 4.20. The first-order valence-electron chi connectivity index (χ1n) is 8.59. The molecular weight excluding hydrogens is 324 g/mol. The summed E-state index contributed by atoms with van der Waals surface area (Å²) in [4.78, 5) is 12.6. The quantitative estimate of drug-likeness (QED) is 0.886. The van der Waals surface area contributed by atoms with Gasteiger partial charge in [0.15, 0.2) is 0 Å². The number of hydrogen-bond acceptors (Lipinski definition) is 3. The Kier molecular flexibility index (Phi) is 6.04. The molecule has 2 rings (SSSR count). The number of nitrogens with zero attached hydrogens (tertiary/aromatic N) is 1. The fraction of sp³-hybridized carbons (Fsp3) is 0.611. The zero-order valence-corrected chi connectivity index (χ0v) is 15.8. The molecule has 1 heterocycles. The van der Waals surface area contributed by atoms with Gasteiger partial charge in [0.2, 0.25) is 15.9 Å². The molecule has 134 valence electrons. The van der Waals surface area contributed by atoms with Crippen molar-refractivity contribution in [1.29, 1.82) is 0 Å². The van der Waals surface area contributed by atoms with Gasteiger partial charge in [0.05, 0.1) is 4.90 Å². The van der Waals surface area contributed by atoms with E-state index < -0.39 is 10.0 Å². The van der Waals surface area contributed by atoms with Gasteiger partial charge in [0.1, 0.15) is 0 Å². The molecule has 1 unspecified atom stereocenters. The normalized spacial score (nSPS) is 18.5. The van der Waals surface area contributed by atoms with Gasteiger partial charge in [-0.25, -0.2) is 8.42 Å². The SMILES string of the molecule is Cc1ccc(S(=O)(=O)N2CCC(C(=O)NC(C)C(C)C)CC2)cc1. The lowest BCUT2D eigenvalue weighted by atomic mass is 9.96. The Hall–Kier alpha value is -1.40. The van der Waals surface area contributed by atoms with Gasteiger partial charge in [-0.3, -0.25) is 4.79 Å². The maximum atomic E-state index is 12.7. The van der Waals surface area contributed by atoms with E-state index in [-0.39, 0.29) is 17.9 Å². The summed E-state index contributed by atoms with van der Waals surface area (Å²) in [5.74, 6) is 0.329. The van der Waals surface area contributed by atoms with Crippen LogP contribution in [0.25, 0.3) is 0 Å². The molecule has 1 amide bonds. The third-order valence-corrected chi connectivity index (χ3v) is 6.77. The Labute approximate surface area is 145 Å². The topological polar surface area (TPSA) is 66.5 Å². The summed E-state index contributed by atoms with van der Waals surface area (Å²) in [5, 5.41) is 3.03. The van der Waals surface area contributed by atoms with Crippen LogP contribution in [0.15, 0.2) is 29.2 Å². The highest BCUT2D eigenvalue weighted by atomic mass is 32.2. The van der Waals surface area contributed by atoms with Crippen LogP contribution in [0.4, 0.5) is 0 Å². The van der Waals surface area contributed by atoms with E-state index in [0.717, 1.165) is 5.56 Å². The number of aryl methyl sites for hydroxylation is 1. The maximum Gasteiger partial charge on any atom is 0.243 e. The average molecular weight is 353 g/mol. The van der Waals surface area contributed by atoms with Crippen molar-refractivity contribution in [2.45, 2.75) is 51.5 Å². The minimum Gasteiger partial charge on any atom is -0.353 e. The number of carbonyl (C=O) groups excluding carboxylic acids is 1. The number of sulfonamides is 1. The van der Waals surface area contributed by atoms with Gasteiger partial charge in [-0.2, -0.15) is 4.31 Å². The summed E-state index contributed by atoms with van der Waals surface area (Å²) < 4.78 is 26.8. The Morgan fingerprint density at radius 2 is 1.67 bits per heavy atom. The van der Waals surface area contributed by atoms with Crippen molar-refractivity contribution < 1.29 is 13.2 Å². The van der Waals surface area contributed by atoms with Gasteiger partial charge in [0, 0.05) is 25.0 Å². The Morgan fingerprint density at radius 3 is 2.17 bits per heavy atom. The number of carbonyl (C=O) groups is 1. The highest BCUT2D eigenvalue weighted by Crippen LogP contribution is 2.24. The first-order chi connectivity index (χ1) is 11.2. The van der Waals surface area contributed by atoms with Crippen molar-refractivity contribution in [2.24, 2.45) is 11.8 Å². The molecule has 0 saturated carbocycles. The number of nitrogens with one attached hydrogen (secondary N) is 1. The van der Waals surface area contributed by atoms with E-state index in [1.165, 1.54) is 4.31 Å². The van der Waals surface area contributed by atoms with E-state index in [1.54, 1.807) is 24.3 Å². The van der Waals surface area contributed by atoms with Crippen molar-refractivity contribution in [3.05, 3.63) is 29.8 Å². The van der Waals surface area contributed by atoms with Gasteiger partial charge < -0.3 is 5.32 Å². The Bertz CT molecular complexity index is 660. The molecule has 0 aromatic heterocycles. The molecule has 6 heteroatoms. The van der Waals surface area contributed by atoms with Crippen LogP contribution in [0.3, 0.4) is 0 Å². The lowest BCUT2D eigenvalue weighted by Gasteiger charge is -2.31. The van der Waals surface area contributed by atoms with E-state index in [0.29, 0.717) is 36.7 Å². The third kappa shape index (κ3) is 4.36. The van der Waals surface area contributed by atoms with E-state index in [9.17, 15) is 13.2 Å². The lowest BCUT2D eigenvalue weighted by Crippen LogP contribution is -2.45. The molecule has 0 bridgehead atoms. The smallest absolute Gasteiger partial charge is 0.243 e. The van der Waals surface area contributed by atoms with Gasteiger partial charge in [0.25, 0.3) is 0 Å². The van der Waals surface area contributed by atoms with Crippen LogP contribution in [0, 0.1) is 18.8 Å². The summed E-state index contributed by atoms with van der Waals surface area (Å²) in [5.41, 5.74) is 1.03. The summed E-state index contributed by atoms with van der Waals surface area (Å²) in [6, 6.07) is 7.04. The number of piperidine rings is 1. The summed E-state index contributed by atoms with van der Waals surface area (Å²) in [6.45, 7) is 8.86. The van der Waals surface area contributed by atoms with Crippen LogP contribution in [-0.2, 0) is 14.8 Å². The molecule has 1 aromatic carbocycles. The Balaban J connectivity index is 1.97. The highest BCUT2D eigenvalue weighted by Gasteiger charge is 2.32. The molecule has 1 fully saturated rings. The number of hydrogen-bond donors (Lipinski definition) is 1. The van der Waals surface area contributed by atoms with Gasteiger partial charge >= 0.3 is 0 Å². The zero-order valence-electron chi connectivity index (χ0n) is 15.0. The second-order valence-electron chi connectivity index (χ2n) is 7.03. The van der Waals surface area contributed by atoms with Gasteiger partial charge in [-0.05, 0) is 44.7 Å². The number of amides is 1. The largest absolute Gasteiger partial charge is 0.353 e. The first kappa shape index (κ1) is 18.9. The van der Waals surface area contributed by atoms with Crippen molar-refractivity contribution in [2.75, 3.05) is 13.1 Å². The minimum absolute atomic E-state index is 0.0450. The van der Waals surface area contributed by atoms with Crippen LogP contribution in [-0.4, -0.2) is 37.8 Å². The molecule has 5 nitrogen and oxygen atoms in total. The summed E-state index contributed by atoms with van der Waals surface area (Å²) >= 11 is 0. The van der Waals surface area contributed by atoms with E-state index in [4.69, 9.17) is 0 Å². The summed E-state index contributed by atoms with van der Waals surface area (Å²) in [6.07, 6.45) is 1.14. The van der Waals surface area contributed by atoms with Crippen LogP contribution in [0.2, 0.25) is 0 Å². The highest BCUT2D eigenvalue weighted by molar-refractivity contribution is 7.89.